The quantitative estimate of drug-likeness (QED) is 0.892. The van der Waals surface area contributed by atoms with Gasteiger partial charge in [-0.05, 0) is 24.5 Å². The van der Waals surface area contributed by atoms with Crippen molar-refractivity contribution in [3.05, 3.63) is 24.2 Å². The van der Waals surface area contributed by atoms with Crippen molar-refractivity contribution in [1.29, 1.82) is 0 Å². The molecule has 3 heterocycles. The van der Waals surface area contributed by atoms with Crippen molar-refractivity contribution in [3.8, 4) is 11.5 Å². The summed E-state index contributed by atoms with van der Waals surface area (Å²) in [5.41, 5.74) is 0.793. The van der Waals surface area contributed by atoms with Gasteiger partial charge >= 0.3 is 0 Å². The van der Waals surface area contributed by atoms with E-state index in [1.807, 2.05) is 26.0 Å². The maximum absolute atomic E-state index is 11.5. The molecule has 1 aliphatic rings. The first kappa shape index (κ1) is 15.9. The van der Waals surface area contributed by atoms with Crippen LogP contribution in [0.5, 0.6) is 0 Å². The molecule has 0 aliphatic carbocycles. The van der Waals surface area contributed by atoms with Crippen LogP contribution in [-0.2, 0) is 9.84 Å². The van der Waals surface area contributed by atoms with Crippen molar-refractivity contribution in [1.82, 2.24) is 15.1 Å². The molecule has 124 valence electrons. The monoisotopic (exact) mass is 336 g/mol. The fourth-order valence-corrected chi connectivity index (χ4v) is 4.39. The van der Waals surface area contributed by atoms with E-state index in [1.165, 1.54) is 0 Å². The first-order valence-electron chi connectivity index (χ1n) is 7.67. The summed E-state index contributed by atoms with van der Waals surface area (Å²) in [6.45, 7) is 4.60. The normalized spacial score (nSPS) is 20.0. The third-order valence-electron chi connectivity index (χ3n) is 3.86. The molecule has 1 atom stereocenters. The lowest BCUT2D eigenvalue weighted by Gasteiger charge is -2.10. The Bertz CT molecular complexity index is 786. The molecule has 1 saturated heterocycles. The Hall–Kier alpha value is -1.96. The second-order valence-electron chi connectivity index (χ2n) is 6.19. The number of nitrogens with one attached hydrogen (secondary N) is 1. The number of pyridine rings is 1. The third-order valence-corrected chi connectivity index (χ3v) is 5.70. The minimum absolute atomic E-state index is 0.140. The summed E-state index contributed by atoms with van der Waals surface area (Å²) in [5, 5.41) is 7.15. The molecule has 3 rings (SSSR count). The van der Waals surface area contributed by atoms with Gasteiger partial charge in [-0.3, -0.25) is 0 Å². The number of nitrogens with zero attached hydrogens (tertiary/aromatic N) is 3. The molecule has 8 heteroatoms. The topological polar surface area (TPSA) is 98.0 Å². The Morgan fingerprint density at radius 2 is 2.26 bits per heavy atom. The summed E-state index contributed by atoms with van der Waals surface area (Å²) in [6, 6.07) is 3.64. The Morgan fingerprint density at radius 3 is 2.91 bits per heavy atom. The fourth-order valence-electron chi connectivity index (χ4n) is 2.53. The van der Waals surface area contributed by atoms with E-state index < -0.39 is 9.84 Å². The first-order valence-corrected chi connectivity index (χ1v) is 9.49. The molecule has 7 nitrogen and oxygen atoms in total. The van der Waals surface area contributed by atoms with Gasteiger partial charge in [0.25, 0.3) is 5.89 Å². The average Bonchev–Trinajstić information content (AvgIpc) is 3.12. The molecule has 1 aliphatic heterocycles. The molecule has 0 bridgehead atoms. The van der Waals surface area contributed by atoms with E-state index in [1.54, 1.807) is 6.20 Å². The van der Waals surface area contributed by atoms with Crippen LogP contribution in [0.15, 0.2) is 22.9 Å². The van der Waals surface area contributed by atoms with Gasteiger partial charge in [0.1, 0.15) is 5.82 Å². The SMILES string of the molecule is CC(C)c1noc(-c2ccnc(NC[C@H]3CCS(=O)(=O)C3)c2)n1. The highest BCUT2D eigenvalue weighted by molar-refractivity contribution is 7.91. The lowest BCUT2D eigenvalue weighted by molar-refractivity contribution is 0.419. The van der Waals surface area contributed by atoms with E-state index in [0.29, 0.717) is 30.5 Å². The number of anilines is 1. The second-order valence-corrected chi connectivity index (χ2v) is 8.42. The highest BCUT2D eigenvalue weighted by atomic mass is 32.2. The van der Waals surface area contributed by atoms with Gasteiger partial charge in [-0.15, -0.1) is 0 Å². The lowest BCUT2D eigenvalue weighted by atomic mass is 10.1. The maximum Gasteiger partial charge on any atom is 0.258 e. The van der Waals surface area contributed by atoms with E-state index in [-0.39, 0.29) is 23.3 Å². The van der Waals surface area contributed by atoms with Crippen molar-refractivity contribution in [2.24, 2.45) is 5.92 Å². The molecular weight excluding hydrogens is 316 g/mol. The highest BCUT2D eigenvalue weighted by Crippen LogP contribution is 2.23. The molecule has 0 saturated carbocycles. The molecule has 0 aromatic carbocycles. The van der Waals surface area contributed by atoms with Crippen molar-refractivity contribution < 1.29 is 12.9 Å². The van der Waals surface area contributed by atoms with E-state index in [2.05, 4.69) is 20.4 Å². The minimum Gasteiger partial charge on any atom is -0.370 e. The molecule has 0 radical (unpaired) electrons. The number of sulfone groups is 1. The largest absolute Gasteiger partial charge is 0.370 e. The zero-order valence-corrected chi connectivity index (χ0v) is 14.0. The Balaban J connectivity index is 1.67. The fraction of sp³-hybridized carbons (Fsp3) is 0.533. The number of rotatable bonds is 5. The number of aromatic nitrogens is 3. The van der Waals surface area contributed by atoms with Gasteiger partial charge in [0.2, 0.25) is 0 Å². The van der Waals surface area contributed by atoms with Crippen LogP contribution >= 0.6 is 0 Å². The van der Waals surface area contributed by atoms with Crippen LogP contribution in [0, 0.1) is 5.92 Å². The standard InChI is InChI=1S/C15H20N4O3S/c1-10(2)14-18-15(22-19-14)12-3-5-16-13(7-12)17-8-11-4-6-23(20,21)9-11/h3,5,7,10-11H,4,6,8-9H2,1-2H3,(H,16,17)/t11-/m1/s1. The zero-order chi connectivity index (χ0) is 16.4. The zero-order valence-electron chi connectivity index (χ0n) is 13.2. The third kappa shape index (κ3) is 3.87. The predicted octanol–water partition coefficient (Wildman–Crippen LogP) is 2.10. The molecule has 0 spiro atoms. The van der Waals surface area contributed by atoms with E-state index in [4.69, 9.17) is 4.52 Å². The van der Waals surface area contributed by atoms with Crippen LogP contribution in [0.2, 0.25) is 0 Å². The van der Waals surface area contributed by atoms with Gasteiger partial charge in [-0.25, -0.2) is 13.4 Å². The molecule has 1 N–H and O–H groups in total. The maximum atomic E-state index is 11.5. The van der Waals surface area contributed by atoms with Gasteiger partial charge in [-0.2, -0.15) is 4.98 Å². The first-order chi connectivity index (χ1) is 10.9. The minimum atomic E-state index is -2.85. The Kier molecular flexibility index (Phi) is 4.34. The summed E-state index contributed by atoms with van der Waals surface area (Å²) < 4.78 is 28.2. The number of hydrogen-bond donors (Lipinski definition) is 1. The van der Waals surface area contributed by atoms with Crippen molar-refractivity contribution >= 4 is 15.7 Å². The molecule has 1 fully saturated rings. The molecule has 0 unspecified atom stereocenters. The summed E-state index contributed by atoms with van der Waals surface area (Å²) in [4.78, 5) is 8.62. The Labute approximate surface area is 135 Å². The van der Waals surface area contributed by atoms with Crippen LogP contribution in [-0.4, -0.2) is 41.6 Å². The second kappa shape index (κ2) is 6.27. The van der Waals surface area contributed by atoms with Gasteiger partial charge in [-0.1, -0.05) is 19.0 Å². The summed E-state index contributed by atoms with van der Waals surface area (Å²) >= 11 is 0. The van der Waals surface area contributed by atoms with Gasteiger partial charge in [0.05, 0.1) is 11.5 Å². The molecule has 23 heavy (non-hydrogen) atoms. The van der Waals surface area contributed by atoms with Crippen LogP contribution < -0.4 is 5.32 Å². The summed E-state index contributed by atoms with van der Waals surface area (Å²) in [7, 11) is -2.85. The lowest BCUT2D eigenvalue weighted by Crippen LogP contribution is -2.16. The highest BCUT2D eigenvalue weighted by Gasteiger charge is 2.27. The van der Waals surface area contributed by atoms with Crippen LogP contribution in [0.1, 0.15) is 32.0 Å². The number of hydrogen-bond acceptors (Lipinski definition) is 7. The van der Waals surface area contributed by atoms with Crippen molar-refractivity contribution in [2.45, 2.75) is 26.2 Å². The smallest absolute Gasteiger partial charge is 0.258 e. The van der Waals surface area contributed by atoms with Crippen LogP contribution in [0.3, 0.4) is 0 Å². The molecular formula is C15H20N4O3S. The Morgan fingerprint density at radius 1 is 1.43 bits per heavy atom. The van der Waals surface area contributed by atoms with Crippen molar-refractivity contribution in [3.63, 3.8) is 0 Å². The van der Waals surface area contributed by atoms with E-state index in [0.717, 1.165) is 5.56 Å². The van der Waals surface area contributed by atoms with E-state index in [9.17, 15) is 8.42 Å². The van der Waals surface area contributed by atoms with E-state index >= 15 is 0 Å². The summed E-state index contributed by atoms with van der Waals surface area (Å²) in [5.74, 6) is 2.69. The van der Waals surface area contributed by atoms with Crippen LogP contribution in [0.25, 0.3) is 11.5 Å². The molecule has 0 amide bonds. The van der Waals surface area contributed by atoms with Gasteiger partial charge in [0.15, 0.2) is 15.7 Å². The van der Waals surface area contributed by atoms with Gasteiger partial charge in [0, 0.05) is 24.2 Å². The molecule has 2 aromatic rings. The van der Waals surface area contributed by atoms with Crippen LogP contribution in [0.4, 0.5) is 5.82 Å². The average molecular weight is 336 g/mol. The summed E-state index contributed by atoms with van der Waals surface area (Å²) in [6.07, 6.45) is 2.37. The molecule has 2 aromatic heterocycles. The predicted molar refractivity (Wildman–Crippen MR) is 86.9 cm³/mol. The van der Waals surface area contributed by atoms with Crippen molar-refractivity contribution in [2.75, 3.05) is 23.4 Å². The van der Waals surface area contributed by atoms with Gasteiger partial charge < -0.3 is 9.84 Å².